The number of carbonyl (C=O) groups is 1. The van der Waals surface area contributed by atoms with Gasteiger partial charge in [-0.15, -0.1) is 0 Å². The Hall–Kier alpha value is -2.49. The van der Waals surface area contributed by atoms with E-state index >= 15 is 0 Å². The minimum absolute atomic E-state index is 0.186. The summed E-state index contributed by atoms with van der Waals surface area (Å²) in [5, 5.41) is 3.57. The van der Waals surface area contributed by atoms with Crippen molar-refractivity contribution in [3.63, 3.8) is 0 Å². The summed E-state index contributed by atoms with van der Waals surface area (Å²) in [7, 11) is -7.35. The molecule has 156 valence electrons. The molecule has 2 aromatic carbocycles. The van der Waals surface area contributed by atoms with Crippen LogP contribution in [0.15, 0.2) is 60.0 Å². The van der Waals surface area contributed by atoms with Crippen molar-refractivity contribution in [1.29, 1.82) is 0 Å². The first-order valence-corrected chi connectivity index (χ1v) is 12.5. The number of sulfonamides is 1. The molecule has 2 N–H and O–H groups in total. The Bertz CT molecular complexity index is 1060. The largest absolute Gasteiger partial charge is 0.325 e. The Morgan fingerprint density at radius 3 is 2.21 bits per heavy atom. The molecule has 1 unspecified atom stereocenters. The van der Waals surface area contributed by atoms with Gasteiger partial charge >= 0.3 is 0 Å². The first kappa shape index (κ1) is 22.8. The Balaban J connectivity index is 2.16. The number of aryl methyl sites for hydroxylation is 1. The fraction of sp³-hybridized carbons (Fsp3) is 0.250. The maximum Gasteiger partial charge on any atom is 0.242 e. The predicted octanol–water partition coefficient (Wildman–Crippen LogP) is 2.33. The highest BCUT2D eigenvalue weighted by Crippen LogP contribution is 2.11. The molecule has 29 heavy (non-hydrogen) atoms. The first-order chi connectivity index (χ1) is 13.5. The third kappa shape index (κ3) is 8.59. The molecule has 0 bridgehead atoms. The number of nitrogens with one attached hydrogen (secondary N) is 2. The lowest BCUT2D eigenvalue weighted by Crippen LogP contribution is -2.44. The number of anilines is 1. The Morgan fingerprint density at radius 1 is 1.00 bits per heavy atom. The van der Waals surface area contributed by atoms with Gasteiger partial charge in [-0.2, -0.15) is 4.72 Å². The number of benzene rings is 2. The quantitative estimate of drug-likeness (QED) is 0.627. The van der Waals surface area contributed by atoms with Crippen LogP contribution in [0.3, 0.4) is 0 Å². The van der Waals surface area contributed by atoms with Gasteiger partial charge in [0, 0.05) is 17.4 Å². The number of hydrogen-bond acceptors (Lipinski definition) is 5. The minimum atomic E-state index is -3.98. The SMILES string of the molecule is Cc1ccc(NC(=O)C(CCS(C)(=O)=O)NS(=O)(=O)/C=C/c2ccccc2)cc1. The molecule has 0 heterocycles. The zero-order valence-electron chi connectivity index (χ0n) is 16.2. The van der Waals surface area contributed by atoms with Crippen LogP contribution in [0.25, 0.3) is 6.08 Å². The van der Waals surface area contributed by atoms with Crippen LogP contribution < -0.4 is 10.0 Å². The summed E-state index contributed by atoms with van der Waals surface area (Å²) in [5.74, 6) is -0.960. The van der Waals surface area contributed by atoms with Gasteiger partial charge in [-0.25, -0.2) is 16.8 Å². The van der Waals surface area contributed by atoms with Gasteiger partial charge in [0.1, 0.15) is 15.9 Å². The van der Waals surface area contributed by atoms with Crippen LogP contribution in [-0.2, 0) is 24.7 Å². The van der Waals surface area contributed by atoms with Crippen molar-refractivity contribution in [2.75, 3.05) is 17.3 Å². The topological polar surface area (TPSA) is 109 Å². The Morgan fingerprint density at radius 2 is 1.62 bits per heavy atom. The van der Waals surface area contributed by atoms with E-state index in [0.717, 1.165) is 17.2 Å². The molecule has 0 spiro atoms. The summed E-state index contributed by atoms with van der Waals surface area (Å²) in [5.41, 5.74) is 2.17. The average molecular weight is 437 g/mol. The van der Waals surface area contributed by atoms with Crippen molar-refractivity contribution >= 4 is 37.5 Å². The Labute approximate surface area is 171 Å². The smallest absolute Gasteiger partial charge is 0.242 e. The number of carbonyl (C=O) groups excluding carboxylic acids is 1. The van der Waals surface area contributed by atoms with E-state index in [1.807, 2.05) is 6.92 Å². The van der Waals surface area contributed by atoms with Gasteiger partial charge < -0.3 is 5.32 Å². The van der Waals surface area contributed by atoms with E-state index in [9.17, 15) is 21.6 Å². The molecule has 0 saturated heterocycles. The molecule has 7 nitrogen and oxygen atoms in total. The minimum Gasteiger partial charge on any atom is -0.325 e. The fourth-order valence-corrected chi connectivity index (χ4v) is 4.11. The van der Waals surface area contributed by atoms with Crippen molar-refractivity contribution < 1.29 is 21.6 Å². The molecular weight excluding hydrogens is 412 g/mol. The van der Waals surface area contributed by atoms with E-state index in [4.69, 9.17) is 0 Å². The maximum absolute atomic E-state index is 12.6. The Kier molecular flexibility index (Phi) is 7.72. The van der Waals surface area contributed by atoms with E-state index in [2.05, 4.69) is 10.0 Å². The van der Waals surface area contributed by atoms with E-state index in [-0.39, 0.29) is 12.2 Å². The van der Waals surface area contributed by atoms with E-state index in [0.29, 0.717) is 11.3 Å². The van der Waals surface area contributed by atoms with Gasteiger partial charge in [0.05, 0.1) is 5.75 Å². The van der Waals surface area contributed by atoms with Crippen LogP contribution in [0.1, 0.15) is 17.5 Å². The summed E-state index contributed by atoms with van der Waals surface area (Å²) in [6, 6.07) is 14.5. The van der Waals surface area contributed by atoms with Crippen molar-refractivity contribution in [2.45, 2.75) is 19.4 Å². The van der Waals surface area contributed by atoms with Gasteiger partial charge in [0.25, 0.3) is 0 Å². The van der Waals surface area contributed by atoms with Gasteiger partial charge in [-0.3, -0.25) is 4.79 Å². The van der Waals surface area contributed by atoms with Crippen molar-refractivity contribution in [2.24, 2.45) is 0 Å². The summed E-state index contributed by atoms with van der Waals surface area (Å²) < 4.78 is 50.1. The second-order valence-corrected chi connectivity index (χ2v) is 10.6. The predicted molar refractivity (Wildman–Crippen MR) is 115 cm³/mol. The van der Waals surface area contributed by atoms with Crippen LogP contribution in [0.2, 0.25) is 0 Å². The van der Waals surface area contributed by atoms with Crippen LogP contribution in [0.5, 0.6) is 0 Å². The monoisotopic (exact) mass is 436 g/mol. The second-order valence-electron chi connectivity index (χ2n) is 6.70. The zero-order chi connectivity index (χ0) is 21.5. The molecule has 0 fully saturated rings. The number of amides is 1. The molecule has 2 rings (SSSR count). The lowest BCUT2D eigenvalue weighted by molar-refractivity contribution is -0.117. The molecule has 1 amide bonds. The highest BCUT2D eigenvalue weighted by Gasteiger charge is 2.24. The molecular formula is C20H24N2O5S2. The zero-order valence-corrected chi connectivity index (χ0v) is 17.8. The lowest BCUT2D eigenvalue weighted by Gasteiger charge is -2.17. The third-order valence-electron chi connectivity index (χ3n) is 3.96. The van der Waals surface area contributed by atoms with Gasteiger partial charge in [-0.05, 0) is 37.1 Å². The van der Waals surface area contributed by atoms with Gasteiger partial charge in [0.2, 0.25) is 15.9 Å². The van der Waals surface area contributed by atoms with Crippen molar-refractivity contribution in [3.8, 4) is 0 Å². The first-order valence-electron chi connectivity index (χ1n) is 8.85. The van der Waals surface area contributed by atoms with E-state index in [1.54, 1.807) is 54.6 Å². The molecule has 0 saturated carbocycles. The van der Waals surface area contributed by atoms with Crippen molar-refractivity contribution in [1.82, 2.24) is 4.72 Å². The van der Waals surface area contributed by atoms with Crippen LogP contribution in [0, 0.1) is 6.92 Å². The van der Waals surface area contributed by atoms with Crippen LogP contribution in [0.4, 0.5) is 5.69 Å². The van der Waals surface area contributed by atoms with E-state index in [1.165, 1.54) is 6.08 Å². The van der Waals surface area contributed by atoms with Gasteiger partial charge in [0.15, 0.2) is 0 Å². The summed E-state index contributed by atoms with van der Waals surface area (Å²) in [4.78, 5) is 12.6. The average Bonchev–Trinajstić information content (AvgIpc) is 2.65. The third-order valence-corrected chi connectivity index (χ3v) is 6.04. The van der Waals surface area contributed by atoms with E-state index < -0.39 is 31.8 Å². The number of sulfone groups is 1. The molecule has 1 atom stereocenters. The molecule has 2 aromatic rings. The van der Waals surface area contributed by atoms with Gasteiger partial charge in [-0.1, -0.05) is 48.0 Å². The number of hydrogen-bond donors (Lipinski definition) is 2. The van der Waals surface area contributed by atoms with Crippen LogP contribution in [-0.4, -0.2) is 40.8 Å². The molecule has 0 aromatic heterocycles. The molecule has 0 aliphatic carbocycles. The fourth-order valence-electron chi connectivity index (χ4n) is 2.41. The molecule has 0 aliphatic rings. The summed E-state index contributed by atoms with van der Waals surface area (Å²) in [6.07, 6.45) is 2.24. The maximum atomic E-state index is 12.6. The second kappa shape index (κ2) is 9.82. The standard InChI is InChI=1S/C20H24N2O5S2/c1-16-8-10-18(11-9-16)21-20(23)19(13-14-28(2,24)25)22-29(26,27)15-12-17-6-4-3-5-7-17/h3-12,15,19,22H,13-14H2,1-2H3,(H,21,23)/b15-12+. The van der Waals surface area contributed by atoms with Crippen LogP contribution >= 0.6 is 0 Å². The summed E-state index contributed by atoms with van der Waals surface area (Å²) >= 11 is 0. The lowest BCUT2D eigenvalue weighted by atomic mass is 10.2. The van der Waals surface area contributed by atoms with Crippen molar-refractivity contribution in [3.05, 3.63) is 71.1 Å². The number of rotatable bonds is 9. The molecule has 0 radical (unpaired) electrons. The molecule has 9 heteroatoms. The highest BCUT2D eigenvalue weighted by molar-refractivity contribution is 7.92. The molecule has 0 aliphatic heterocycles. The normalized spacial score (nSPS) is 13.3. The summed E-state index contributed by atoms with van der Waals surface area (Å²) in [6.45, 7) is 1.90. The highest BCUT2D eigenvalue weighted by atomic mass is 32.2.